The number of nitrogens with zero attached hydrogens (tertiary/aromatic N) is 2. The first-order valence-corrected chi connectivity index (χ1v) is 11.2. The van der Waals surface area contributed by atoms with Gasteiger partial charge in [0.2, 0.25) is 5.91 Å². The Bertz CT molecular complexity index is 1180. The van der Waals surface area contributed by atoms with Gasteiger partial charge in [0.15, 0.2) is 5.76 Å². The van der Waals surface area contributed by atoms with Crippen LogP contribution >= 0.6 is 11.8 Å². The minimum atomic E-state index is -0.306. The van der Waals surface area contributed by atoms with E-state index in [2.05, 4.69) is 15.6 Å². The Labute approximate surface area is 183 Å². The maximum atomic E-state index is 12.6. The SMILES string of the molecule is CSCc1nc2ccccc2n1CC(=O)NCc1ccc(NC(=O)c2ccco2)cc1. The number of anilines is 1. The molecule has 2 aromatic heterocycles. The van der Waals surface area contributed by atoms with Crippen molar-refractivity contribution in [2.24, 2.45) is 0 Å². The number of imidazole rings is 1. The molecule has 0 saturated carbocycles. The Hall–Kier alpha value is -3.52. The highest BCUT2D eigenvalue weighted by molar-refractivity contribution is 7.97. The molecule has 2 aromatic carbocycles. The minimum Gasteiger partial charge on any atom is -0.459 e. The van der Waals surface area contributed by atoms with Crippen molar-refractivity contribution in [3.05, 3.63) is 84.1 Å². The van der Waals surface area contributed by atoms with Gasteiger partial charge in [-0.15, -0.1) is 0 Å². The third-order valence-corrected chi connectivity index (χ3v) is 5.30. The van der Waals surface area contributed by atoms with E-state index in [4.69, 9.17) is 4.42 Å². The van der Waals surface area contributed by atoms with Crippen LogP contribution < -0.4 is 10.6 Å². The molecule has 2 N–H and O–H groups in total. The fourth-order valence-corrected chi connectivity index (χ4v) is 3.73. The molecule has 0 unspecified atom stereocenters. The number of thioether (sulfide) groups is 1. The van der Waals surface area contributed by atoms with Crippen LogP contribution in [0.5, 0.6) is 0 Å². The predicted octanol–water partition coefficient (Wildman–Crippen LogP) is 4.06. The molecule has 0 spiro atoms. The van der Waals surface area contributed by atoms with Gasteiger partial charge in [-0.05, 0) is 48.2 Å². The summed E-state index contributed by atoms with van der Waals surface area (Å²) in [5.41, 5.74) is 3.44. The molecule has 7 nitrogen and oxygen atoms in total. The number of rotatable bonds is 8. The molecule has 2 heterocycles. The van der Waals surface area contributed by atoms with Crippen LogP contribution in [0.1, 0.15) is 21.9 Å². The maximum Gasteiger partial charge on any atom is 0.291 e. The molecule has 31 heavy (non-hydrogen) atoms. The van der Waals surface area contributed by atoms with Crippen LogP contribution in [0.4, 0.5) is 5.69 Å². The number of amides is 2. The molecule has 0 aliphatic carbocycles. The van der Waals surface area contributed by atoms with Gasteiger partial charge in [0, 0.05) is 12.2 Å². The van der Waals surface area contributed by atoms with E-state index >= 15 is 0 Å². The van der Waals surface area contributed by atoms with Crippen molar-refractivity contribution in [3.8, 4) is 0 Å². The lowest BCUT2D eigenvalue weighted by molar-refractivity contribution is -0.121. The van der Waals surface area contributed by atoms with Crippen molar-refractivity contribution in [1.82, 2.24) is 14.9 Å². The third-order valence-electron chi connectivity index (χ3n) is 4.76. The molecular weight excluding hydrogens is 412 g/mol. The van der Waals surface area contributed by atoms with E-state index in [1.165, 1.54) is 6.26 Å². The molecule has 0 bridgehead atoms. The van der Waals surface area contributed by atoms with E-state index in [-0.39, 0.29) is 24.1 Å². The first kappa shape index (κ1) is 20.7. The Balaban J connectivity index is 1.35. The Morgan fingerprint density at radius 2 is 1.87 bits per heavy atom. The summed E-state index contributed by atoms with van der Waals surface area (Å²) in [6.07, 6.45) is 3.47. The predicted molar refractivity (Wildman–Crippen MR) is 122 cm³/mol. The Kier molecular flexibility index (Phi) is 6.37. The third kappa shape index (κ3) is 4.97. The number of hydrogen-bond donors (Lipinski definition) is 2. The van der Waals surface area contributed by atoms with Crippen LogP contribution in [0.3, 0.4) is 0 Å². The van der Waals surface area contributed by atoms with Crippen molar-refractivity contribution in [3.63, 3.8) is 0 Å². The molecule has 0 fully saturated rings. The average Bonchev–Trinajstić information content (AvgIpc) is 3.43. The smallest absolute Gasteiger partial charge is 0.291 e. The van der Waals surface area contributed by atoms with Gasteiger partial charge in [-0.3, -0.25) is 9.59 Å². The number of para-hydroxylation sites is 2. The quantitative estimate of drug-likeness (QED) is 0.437. The molecule has 4 aromatic rings. The number of carbonyl (C=O) groups excluding carboxylic acids is 2. The molecule has 0 saturated heterocycles. The van der Waals surface area contributed by atoms with Gasteiger partial charge in [-0.25, -0.2) is 4.98 Å². The number of nitrogens with one attached hydrogen (secondary N) is 2. The molecule has 158 valence electrons. The number of aromatic nitrogens is 2. The average molecular weight is 435 g/mol. The molecule has 8 heteroatoms. The molecule has 0 aliphatic heterocycles. The van der Waals surface area contributed by atoms with E-state index in [0.29, 0.717) is 12.2 Å². The van der Waals surface area contributed by atoms with E-state index in [0.717, 1.165) is 28.2 Å². The summed E-state index contributed by atoms with van der Waals surface area (Å²) in [7, 11) is 0. The highest BCUT2D eigenvalue weighted by Gasteiger charge is 2.13. The second-order valence-electron chi connectivity index (χ2n) is 6.94. The zero-order chi connectivity index (χ0) is 21.6. The number of carbonyl (C=O) groups is 2. The van der Waals surface area contributed by atoms with Gasteiger partial charge in [0.1, 0.15) is 12.4 Å². The number of benzene rings is 2. The van der Waals surface area contributed by atoms with E-state index in [1.54, 1.807) is 36.0 Å². The van der Waals surface area contributed by atoms with Crippen LogP contribution in [0, 0.1) is 0 Å². The summed E-state index contributed by atoms with van der Waals surface area (Å²) < 4.78 is 7.05. The standard InChI is InChI=1S/C23H22N4O3S/c1-31-15-21-26-18-5-2-3-6-19(18)27(21)14-22(28)24-13-16-8-10-17(11-9-16)25-23(29)20-7-4-12-30-20/h2-12H,13-15H2,1H3,(H,24,28)(H,25,29). The molecule has 0 radical (unpaired) electrons. The summed E-state index contributed by atoms with van der Waals surface area (Å²) in [5, 5.41) is 5.73. The second kappa shape index (κ2) is 9.53. The van der Waals surface area contributed by atoms with Crippen molar-refractivity contribution >= 4 is 40.3 Å². The van der Waals surface area contributed by atoms with Crippen molar-refractivity contribution in [2.75, 3.05) is 11.6 Å². The van der Waals surface area contributed by atoms with Crippen LogP contribution in [0.25, 0.3) is 11.0 Å². The van der Waals surface area contributed by atoms with E-state index < -0.39 is 0 Å². The molecular formula is C23H22N4O3S. The lowest BCUT2D eigenvalue weighted by Gasteiger charge is -2.10. The fourth-order valence-electron chi connectivity index (χ4n) is 3.25. The summed E-state index contributed by atoms with van der Waals surface area (Å²) in [6, 6.07) is 18.4. The normalized spacial score (nSPS) is 10.9. The molecule has 0 atom stereocenters. The lowest BCUT2D eigenvalue weighted by Crippen LogP contribution is -2.27. The van der Waals surface area contributed by atoms with Crippen LogP contribution in [-0.4, -0.2) is 27.6 Å². The van der Waals surface area contributed by atoms with Crippen LogP contribution in [0.2, 0.25) is 0 Å². The Morgan fingerprint density at radius 3 is 2.61 bits per heavy atom. The zero-order valence-electron chi connectivity index (χ0n) is 17.0. The highest BCUT2D eigenvalue weighted by atomic mass is 32.2. The van der Waals surface area contributed by atoms with E-state index in [1.807, 2.05) is 47.2 Å². The number of fused-ring (bicyclic) bond motifs is 1. The fraction of sp³-hybridized carbons (Fsp3) is 0.174. The highest BCUT2D eigenvalue weighted by Crippen LogP contribution is 2.19. The van der Waals surface area contributed by atoms with Crippen LogP contribution in [0.15, 0.2) is 71.3 Å². The first-order chi connectivity index (χ1) is 15.1. The van der Waals surface area contributed by atoms with Crippen molar-refractivity contribution in [1.29, 1.82) is 0 Å². The summed E-state index contributed by atoms with van der Waals surface area (Å²) >= 11 is 1.68. The number of furan rings is 1. The zero-order valence-corrected chi connectivity index (χ0v) is 17.8. The largest absolute Gasteiger partial charge is 0.459 e. The molecule has 4 rings (SSSR count). The topological polar surface area (TPSA) is 89.2 Å². The molecule has 0 aliphatic rings. The molecule has 2 amide bonds. The summed E-state index contributed by atoms with van der Waals surface area (Å²) in [5.74, 6) is 1.50. The van der Waals surface area contributed by atoms with Crippen molar-refractivity contribution in [2.45, 2.75) is 18.8 Å². The summed E-state index contributed by atoms with van der Waals surface area (Å²) in [4.78, 5) is 29.3. The first-order valence-electron chi connectivity index (χ1n) is 9.77. The van der Waals surface area contributed by atoms with Gasteiger partial charge in [-0.2, -0.15) is 11.8 Å². The monoisotopic (exact) mass is 434 g/mol. The van der Waals surface area contributed by atoms with Gasteiger partial charge in [0.05, 0.1) is 23.0 Å². The lowest BCUT2D eigenvalue weighted by atomic mass is 10.2. The van der Waals surface area contributed by atoms with Crippen LogP contribution in [-0.2, 0) is 23.6 Å². The summed E-state index contributed by atoms with van der Waals surface area (Å²) in [6.45, 7) is 0.615. The maximum absolute atomic E-state index is 12.6. The second-order valence-corrected chi connectivity index (χ2v) is 7.81. The van der Waals surface area contributed by atoms with Crippen molar-refractivity contribution < 1.29 is 14.0 Å². The van der Waals surface area contributed by atoms with E-state index in [9.17, 15) is 9.59 Å². The Morgan fingerprint density at radius 1 is 1.06 bits per heavy atom. The van der Waals surface area contributed by atoms with Gasteiger partial charge in [0.25, 0.3) is 5.91 Å². The number of hydrogen-bond acceptors (Lipinski definition) is 5. The van der Waals surface area contributed by atoms with Gasteiger partial charge in [-0.1, -0.05) is 24.3 Å². The van der Waals surface area contributed by atoms with Gasteiger partial charge < -0.3 is 19.6 Å². The van der Waals surface area contributed by atoms with Gasteiger partial charge >= 0.3 is 0 Å². The minimum absolute atomic E-state index is 0.0827.